The van der Waals surface area contributed by atoms with Crippen LogP contribution in [0.25, 0.3) is 6.08 Å². The quantitative estimate of drug-likeness (QED) is 0.584. The van der Waals surface area contributed by atoms with Crippen molar-refractivity contribution in [1.29, 1.82) is 5.26 Å². The molecule has 3 rings (SSSR count). The van der Waals surface area contributed by atoms with E-state index in [0.717, 1.165) is 0 Å². The number of carbonyl (C=O) groups is 1. The van der Waals surface area contributed by atoms with Gasteiger partial charge in [0.1, 0.15) is 5.76 Å². The van der Waals surface area contributed by atoms with Gasteiger partial charge in [0.25, 0.3) is 0 Å². The number of furan rings is 1. The van der Waals surface area contributed by atoms with Gasteiger partial charge < -0.3 is 9.73 Å². The lowest BCUT2D eigenvalue weighted by atomic mass is 10.2. The Bertz CT molecular complexity index is 1160. The Labute approximate surface area is 168 Å². The molecule has 0 aliphatic rings. The number of nitrogens with one attached hydrogen (secondary N) is 2. The molecular formula is C21H17N3O4S. The number of nitrogens with zero attached hydrogens (tertiary/aromatic N) is 1. The van der Waals surface area contributed by atoms with E-state index in [-0.39, 0.29) is 17.3 Å². The van der Waals surface area contributed by atoms with Crippen molar-refractivity contribution in [3.8, 4) is 6.07 Å². The van der Waals surface area contributed by atoms with E-state index in [1.807, 2.05) is 6.07 Å². The number of anilines is 1. The lowest BCUT2D eigenvalue weighted by molar-refractivity contribution is -0.111. The summed E-state index contributed by atoms with van der Waals surface area (Å²) in [6.45, 7) is 0.0597. The highest BCUT2D eigenvalue weighted by Crippen LogP contribution is 2.13. The molecule has 8 heteroatoms. The Balaban J connectivity index is 1.60. The summed E-state index contributed by atoms with van der Waals surface area (Å²) in [5.74, 6) is 0.149. The summed E-state index contributed by atoms with van der Waals surface area (Å²) in [7, 11) is -3.67. The number of hydrogen-bond donors (Lipinski definition) is 2. The van der Waals surface area contributed by atoms with E-state index in [1.54, 1.807) is 54.6 Å². The van der Waals surface area contributed by atoms with E-state index in [1.165, 1.54) is 24.5 Å². The van der Waals surface area contributed by atoms with Gasteiger partial charge in [0.05, 0.1) is 29.3 Å². The van der Waals surface area contributed by atoms with Crippen LogP contribution in [0.1, 0.15) is 16.9 Å². The Kier molecular flexibility index (Phi) is 6.24. The highest BCUT2D eigenvalue weighted by atomic mass is 32.2. The van der Waals surface area contributed by atoms with E-state index in [9.17, 15) is 13.2 Å². The zero-order valence-electron chi connectivity index (χ0n) is 15.2. The first-order chi connectivity index (χ1) is 14.0. The largest absolute Gasteiger partial charge is 0.468 e. The molecule has 1 amide bonds. The SMILES string of the molecule is N#Cc1cccc(NC(=O)/C=C/c2ccc(S(=O)(=O)NCc3ccco3)cc2)c1. The molecule has 0 saturated heterocycles. The number of hydrogen-bond acceptors (Lipinski definition) is 5. The highest BCUT2D eigenvalue weighted by Gasteiger charge is 2.13. The minimum Gasteiger partial charge on any atom is -0.468 e. The van der Waals surface area contributed by atoms with E-state index >= 15 is 0 Å². The molecule has 0 unspecified atom stereocenters. The van der Waals surface area contributed by atoms with E-state index in [4.69, 9.17) is 9.68 Å². The van der Waals surface area contributed by atoms with Crippen LogP contribution < -0.4 is 10.0 Å². The van der Waals surface area contributed by atoms with E-state index in [0.29, 0.717) is 22.6 Å². The smallest absolute Gasteiger partial charge is 0.248 e. The van der Waals surface area contributed by atoms with Crippen LogP contribution in [0.2, 0.25) is 0 Å². The molecule has 0 bridgehead atoms. The predicted octanol–water partition coefficient (Wildman–Crippen LogP) is 3.28. The maximum absolute atomic E-state index is 12.3. The Morgan fingerprint density at radius 2 is 1.90 bits per heavy atom. The van der Waals surface area contributed by atoms with Gasteiger partial charge in [-0.05, 0) is 54.1 Å². The molecule has 1 heterocycles. The second kappa shape index (κ2) is 9.01. The Hall–Kier alpha value is -3.67. The van der Waals surface area contributed by atoms with Crippen LogP contribution in [-0.4, -0.2) is 14.3 Å². The van der Waals surface area contributed by atoms with Crippen LogP contribution in [0.15, 0.2) is 82.3 Å². The van der Waals surface area contributed by atoms with Gasteiger partial charge >= 0.3 is 0 Å². The number of sulfonamides is 1. The molecule has 0 aliphatic heterocycles. The van der Waals surface area contributed by atoms with Gasteiger partial charge in [0, 0.05) is 11.8 Å². The van der Waals surface area contributed by atoms with Crippen molar-refractivity contribution in [1.82, 2.24) is 4.72 Å². The van der Waals surface area contributed by atoms with Crippen LogP contribution >= 0.6 is 0 Å². The third-order valence-corrected chi connectivity index (χ3v) is 5.31. The zero-order valence-corrected chi connectivity index (χ0v) is 16.0. The normalized spacial score (nSPS) is 11.3. The van der Waals surface area contributed by atoms with Gasteiger partial charge in [-0.1, -0.05) is 18.2 Å². The summed E-state index contributed by atoms with van der Waals surface area (Å²) in [5, 5.41) is 11.5. The summed E-state index contributed by atoms with van der Waals surface area (Å²) in [5.41, 5.74) is 1.63. The molecule has 7 nitrogen and oxygen atoms in total. The second-order valence-electron chi connectivity index (χ2n) is 5.99. The van der Waals surface area contributed by atoms with Crippen LogP contribution in [0.4, 0.5) is 5.69 Å². The van der Waals surface area contributed by atoms with Crippen LogP contribution in [0, 0.1) is 11.3 Å². The van der Waals surface area contributed by atoms with Crippen molar-refractivity contribution in [2.45, 2.75) is 11.4 Å². The zero-order chi connectivity index (χ0) is 20.7. The molecule has 0 radical (unpaired) electrons. The fraction of sp³-hybridized carbons (Fsp3) is 0.0476. The standard InChI is InChI=1S/C21H17N3O4S/c22-14-17-3-1-4-18(13-17)24-21(25)11-8-16-6-9-20(10-7-16)29(26,27)23-15-19-5-2-12-28-19/h1-13,23H,15H2,(H,24,25)/b11-8+. The highest BCUT2D eigenvalue weighted by molar-refractivity contribution is 7.89. The average Bonchev–Trinajstić information content (AvgIpc) is 3.25. The van der Waals surface area contributed by atoms with Crippen molar-refractivity contribution >= 4 is 27.7 Å². The fourth-order valence-electron chi connectivity index (χ4n) is 2.44. The number of carbonyl (C=O) groups excluding carboxylic acids is 1. The van der Waals surface area contributed by atoms with Crippen LogP contribution in [-0.2, 0) is 21.4 Å². The second-order valence-corrected chi connectivity index (χ2v) is 7.76. The topological polar surface area (TPSA) is 112 Å². The van der Waals surface area contributed by atoms with E-state index < -0.39 is 10.0 Å². The maximum Gasteiger partial charge on any atom is 0.248 e. The molecule has 0 saturated carbocycles. The molecule has 2 N–H and O–H groups in total. The number of amides is 1. The lowest BCUT2D eigenvalue weighted by Gasteiger charge is -2.06. The van der Waals surface area contributed by atoms with Gasteiger partial charge in [-0.25, -0.2) is 13.1 Å². The summed E-state index contributed by atoms with van der Waals surface area (Å²) in [6.07, 6.45) is 4.37. The van der Waals surface area contributed by atoms with Crippen molar-refractivity contribution in [3.63, 3.8) is 0 Å². The minimum atomic E-state index is -3.67. The summed E-state index contributed by atoms with van der Waals surface area (Å²) in [4.78, 5) is 12.1. The first kappa shape index (κ1) is 20.1. The fourth-order valence-corrected chi connectivity index (χ4v) is 3.44. The minimum absolute atomic E-state index is 0.0597. The third kappa shape index (κ3) is 5.65. The Morgan fingerprint density at radius 1 is 1.10 bits per heavy atom. The molecule has 146 valence electrons. The number of benzene rings is 2. The van der Waals surface area contributed by atoms with Crippen molar-refractivity contribution in [3.05, 3.63) is 89.9 Å². The van der Waals surface area contributed by atoms with Gasteiger partial charge in [0.15, 0.2) is 0 Å². The van der Waals surface area contributed by atoms with Gasteiger partial charge in [-0.2, -0.15) is 5.26 Å². The Morgan fingerprint density at radius 3 is 2.59 bits per heavy atom. The van der Waals surface area contributed by atoms with Crippen LogP contribution in [0.5, 0.6) is 0 Å². The summed E-state index contributed by atoms with van der Waals surface area (Å²) < 4.78 is 32.2. The monoisotopic (exact) mass is 407 g/mol. The molecule has 0 spiro atoms. The molecule has 0 fully saturated rings. The lowest BCUT2D eigenvalue weighted by Crippen LogP contribution is -2.22. The molecule has 2 aromatic carbocycles. The van der Waals surface area contributed by atoms with Gasteiger partial charge in [-0.15, -0.1) is 0 Å². The molecular weight excluding hydrogens is 390 g/mol. The first-order valence-electron chi connectivity index (χ1n) is 8.58. The molecule has 3 aromatic rings. The van der Waals surface area contributed by atoms with Crippen molar-refractivity contribution in [2.24, 2.45) is 0 Å². The average molecular weight is 407 g/mol. The third-order valence-electron chi connectivity index (χ3n) is 3.89. The first-order valence-corrected chi connectivity index (χ1v) is 10.1. The van der Waals surface area contributed by atoms with Gasteiger partial charge in [0.2, 0.25) is 15.9 Å². The summed E-state index contributed by atoms with van der Waals surface area (Å²) >= 11 is 0. The van der Waals surface area contributed by atoms with Crippen molar-refractivity contribution < 1.29 is 17.6 Å². The van der Waals surface area contributed by atoms with Gasteiger partial charge in [-0.3, -0.25) is 4.79 Å². The molecule has 0 aliphatic carbocycles. The number of nitriles is 1. The van der Waals surface area contributed by atoms with Crippen molar-refractivity contribution in [2.75, 3.05) is 5.32 Å². The number of rotatable bonds is 7. The van der Waals surface area contributed by atoms with Crippen LogP contribution in [0.3, 0.4) is 0 Å². The maximum atomic E-state index is 12.3. The van der Waals surface area contributed by atoms with E-state index in [2.05, 4.69) is 10.0 Å². The molecule has 0 atom stereocenters. The molecule has 29 heavy (non-hydrogen) atoms. The molecule has 1 aromatic heterocycles. The summed E-state index contributed by atoms with van der Waals surface area (Å²) in [6, 6.07) is 18.0. The predicted molar refractivity (Wildman–Crippen MR) is 108 cm³/mol.